The number of nitrogens with one attached hydrogen (secondary N) is 2. The predicted molar refractivity (Wildman–Crippen MR) is 89.0 cm³/mol. The van der Waals surface area contributed by atoms with Crippen LogP contribution < -0.4 is 27.0 Å². The molecule has 2 aromatic carbocycles. The van der Waals surface area contributed by atoms with E-state index in [0.29, 0.717) is 0 Å². The van der Waals surface area contributed by atoms with Gasteiger partial charge in [0.05, 0.1) is 26.8 Å². The SMILES string of the molecule is COc1ccc2c[nH+]c(C[NH+](C)C)c(-c3ccccc3)c2c1.[Cl-]. The van der Waals surface area contributed by atoms with Crippen LogP contribution in [0.1, 0.15) is 5.69 Å². The van der Waals surface area contributed by atoms with Crippen molar-refractivity contribution in [3.8, 4) is 16.9 Å². The van der Waals surface area contributed by atoms with Crippen molar-refractivity contribution in [1.29, 1.82) is 0 Å². The van der Waals surface area contributed by atoms with E-state index in [2.05, 4.69) is 67.7 Å². The molecule has 0 radical (unpaired) electrons. The van der Waals surface area contributed by atoms with Crippen LogP contribution in [0.5, 0.6) is 5.75 Å². The summed E-state index contributed by atoms with van der Waals surface area (Å²) in [5.41, 5.74) is 3.74. The van der Waals surface area contributed by atoms with Crippen LogP contribution >= 0.6 is 0 Å². The summed E-state index contributed by atoms with van der Waals surface area (Å²) in [5.74, 6) is 0.888. The van der Waals surface area contributed by atoms with Gasteiger partial charge in [-0.15, -0.1) is 0 Å². The lowest BCUT2D eigenvalue weighted by molar-refractivity contribution is -0.877. The molecule has 0 spiro atoms. The number of ether oxygens (including phenoxy) is 1. The average Bonchev–Trinajstić information content (AvgIpc) is 2.54. The predicted octanol–water partition coefficient (Wildman–Crippen LogP) is -1.02. The van der Waals surface area contributed by atoms with Crippen molar-refractivity contribution in [3.63, 3.8) is 0 Å². The van der Waals surface area contributed by atoms with E-state index in [1.54, 1.807) is 7.11 Å². The van der Waals surface area contributed by atoms with Crippen LogP contribution in [0, 0.1) is 0 Å². The molecule has 0 amide bonds. The van der Waals surface area contributed by atoms with Gasteiger partial charge in [0.15, 0.2) is 12.7 Å². The maximum atomic E-state index is 5.42. The summed E-state index contributed by atoms with van der Waals surface area (Å²) in [6.07, 6.45) is 2.08. The van der Waals surface area contributed by atoms with E-state index in [4.69, 9.17) is 4.74 Å². The number of rotatable bonds is 4. The van der Waals surface area contributed by atoms with E-state index in [0.717, 1.165) is 12.3 Å². The molecule has 0 aliphatic rings. The molecule has 120 valence electrons. The quantitative estimate of drug-likeness (QED) is 0.652. The average molecular weight is 330 g/mol. The third kappa shape index (κ3) is 3.63. The molecule has 0 aliphatic heterocycles. The van der Waals surface area contributed by atoms with E-state index in [9.17, 15) is 0 Å². The van der Waals surface area contributed by atoms with Gasteiger partial charge in [0, 0.05) is 10.8 Å². The van der Waals surface area contributed by atoms with Gasteiger partial charge in [-0.3, -0.25) is 0 Å². The van der Waals surface area contributed by atoms with Crippen molar-refractivity contribution in [3.05, 3.63) is 60.4 Å². The minimum absolute atomic E-state index is 0. The summed E-state index contributed by atoms with van der Waals surface area (Å²) in [6.45, 7) is 0.942. The molecule has 0 unspecified atom stereocenters. The number of hydrogen-bond acceptors (Lipinski definition) is 1. The van der Waals surface area contributed by atoms with Crippen LogP contribution in [0.3, 0.4) is 0 Å². The summed E-state index contributed by atoms with van der Waals surface area (Å²) in [5, 5.41) is 2.41. The summed E-state index contributed by atoms with van der Waals surface area (Å²) in [6, 6.07) is 16.8. The maximum absolute atomic E-state index is 5.42. The molecule has 2 N–H and O–H groups in total. The highest BCUT2D eigenvalue weighted by molar-refractivity contribution is 5.97. The molecule has 0 bridgehead atoms. The van der Waals surface area contributed by atoms with Crippen LogP contribution in [0.15, 0.2) is 54.7 Å². The molecule has 0 fully saturated rings. The van der Waals surface area contributed by atoms with Crippen molar-refractivity contribution < 1.29 is 27.0 Å². The molecule has 4 heteroatoms. The second-order valence-corrected chi connectivity index (χ2v) is 5.85. The van der Waals surface area contributed by atoms with Crippen LogP contribution in [0.4, 0.5) is 0 Å². The van der Waals surface area contributed by atoms with Crippen molar-refractivity contribution >= 4 is 10.8 Å². The number of quaternary nitrogens is 1. The lowest BCUT2D eigenvalue weighted by Gasteiger charge is -2.11. The zero-order chi connectivity index (χ0) is 15.5. The first-order chi connectivity index (χ1) is 10.7. The van der Waals surface area contributed by atoms with Gasteiger partial charge in [-0.1, -0.05) is 30.3 Å². The Balaban J connectivity index is 0.00000192. The summed E-state index contributed by atoms with van der Waals surface area (Å²) < 4.78 is 5.42. The Morgan fingerprint density at radius 1 is 1.04 bits per heavy atom. The van der Waals surface area contributed by atoms with Crippen LogP contribution in [-0.2, 0) is 6.54 Å². The smallest absolute Gasteiger partial charge is 0.243 e. The van der Waals surface area contributed by atoms with Gasteiger partial charge in [-0.05, 0) is 23.8 Å². The van der Waals surface area contributed by atoms with Crippen LogP contribution in [0.2, 0.25) is 0 Å². The molecular formula is C19H22ClN2O+. The fourth-order valence-corrected chi connectivity index (χ4v) is 2.83. The Labute approximate surface area is 143 Å². The third-order valence-corrected chi connectivity index (χ3v) is 3.83. The van der Waals surface area contributed by atoms with E-state index >= 15 is 0 Å². The number of H-pyrrole nitrogens is 1. The lowest BCUT2D eigenvalue weighted by Crippen LogP contribution is -3.04. The van der Waals surface area contributed by atoms with Crippen molar-refractivity contribution in [2.45, 2.75) is 6.54 Å². The highest BCUT2D eigenvalue weighted by Gasteiger charge is 2.19. The number of aromatic amines is 1. The molecule has 0 atom stereocenters. The highest BCUT2D eigenvalue weighted by Crippen LogP contribution is 2.31. The summed E-state index contributed by atoms with van der Waals surface area (Å²) in [7, 11) is 6.04. The fourth-order valence-electron chi connectivity index (χ4n) is 2.83. The Morgan fingerprint density at radius 3 is 2.43 bits per heavy atom. The monoisotopic (exact) mass is 329 g/mol. The molecule has 3 nitrogen and oxygen atoms in total. The molecular weight excluding hydrogens is 308 g/mol. The summed E-state index contributed by atoms with van der Waals surface area (Å²) in [4.78, 5) is 4.87. The van der Waals surface area contributed by atoms with Gasteiger partial charge in [0.25, 0.3) is 0 Å². The van der Waals surface area contributed by atoms with Gasteiger partial charge in [-0.2, -0.15) is 0 Å². The minimum Gasteiger partial charge on any atom is -1.00 e. The number of aromatic nitrogens is 1. The van der Waals surface area contributed by atoms with Crippen LogP contribution in [-0.4, -0.2) is 21.2 Å². The molecule has 1 heterocycles. The molecule has 23 heavy (non-hydrogen) atoms. The molecule has 0 aliphatic carbocycles. The van der Waals surface area contributed by atoms with Gasteiger partial charge in [0.1, 0.15) is 5.75 Å². The van der Waals surface area contributed by atoms with E-state index in [1.807, 2.05) is 6.07 Å². The molecule has 1 aromatic heterocycles. The summed E-state index contributed by atoms with van der Waals surface area (Å²) >= 11 is 0. The number of pyridine rings is 1. The number of halogens is 1. The number of hydrogen-bond donors (Lipinski definition) is 1. The zero-order valence-corrected chi connectivity index (χ0v) is 14.4. The van der Waals surface area contributed by atoms with Crippen molar-refractivity contribution in [2.24, 2.45) is 0 Å². The highest BCUT2D eigenvalue weighted by atomic mass is 35.5. The molecule has 3 aromatic rings. The first-order valence-corrected chi connectivity index (χ1v) is 7.55. The molecule has 0 saturated heterocycles. The topological polar surface area (TPSA) is 27.8 Å². The Hall–Kier alpha value is -2.10. The second kappa shape index (κ2) is 7.44. The minimum atomic E-state index is 0. The first kappa shape index (κ1) is 17.3. The third-order valence-electron chi connectivity index (χ3n) is 3.83. The Bertz CT molecular complexity index is 788. The van der Waals surface area contributed by atoms with E-state index in [-0.39, 0.29) is 12.4 Å². The Morgan fingerprint density at radius 2 is 1.78 bits per heavy atom. The fraction of sp³-hybridized carbons (Fsp3) is 0.211. The maximum Gasteiger partial charge on any atom is 0.243 e. The molecule has 3 rings (SSSR count). The lowest BCUT2D eigenvalue weighted by atomic mass is 9.97. The number of methoxy groups -OCH3 is 1. The van der Waals surface area contributed by atoms with E-state index < -0.39 is 0 Å². The van der Waals surface area contributed by atoms with Gasteiger partial charge in [-0.25, -0.2) is 4.98 Å². The number of fused-ring (bicyclic) bond motifs is 1. The first-order valence-electron chi connectivity index (χ1n) is 7.55. The van der Waals surface area contributed by atoms with Crippen LogP contribution in [0.25, 0.3) is 21.9 Å². The standard InChI is InChI=1S/C19H20N2O.ClH/c1-21(2)13-18-19(14-7-5-4-6-8-14)17-11-16(22-3)10-9-15(17)12-20-18;/h4-12H,13H2,1-3H3;1H/p+1. The molecule has 0 saturated carbocycles. The van der Waals surface area contributed by atoms with Gasteiger partial charge in [0.2, 0.25) is 5.69 Å². The number of benzene rings is 2. The largest absolute Gasteiger partial charge is 1.00 e. The van der Waals surface area contributed by atoms with E-state index in [1.165, 1.54) is 32.5 Å². The Kier molecular flexibility index (Phi) is 5.59. The van der Waals surface area contributed by atoms with Gasteiger partial charge < -0.3 is 22.0 Å². The van der Waals surface area contributed by atoms with Crippen molar-refractivity contribution in [2.75, 3.05) is 21.2 Å². The van der Waals surface area contributed by atoms with Gasteiger partial charge >= 0.3 is 0 Å². The normalized spacial score (nSPS) is 10.6. The van der Waals surface area contributed by atoms with Crippen molar-refractivity contribution in [1.82, 2.24) is 0 Å². The second-order valence-electron chi connectivity index (χ2n) is 5.85. The zero-order valence-electron chi connectivity index (χ0n) is 13.7.